The van der Waals surface area contributed by atoms with E-state index in [9.17, 15) is 4.79 Å². The molecule has 0 aliphatic rings. The van der Waals surface area contributed by atoms with Gasteiger partial charge in [0.05, 0.1) is 24.1 Å². The first-order chi connectivity index (χ1) is 8.65. The van der Waals surface area contributed by atoms with Gasteiger partial charge in [-0.25, -0.2) is 0 Å². The molecule has 0 spiro atoms. The number of hydrogen-bond acceptors (Lipinski definition) is 5. The monoisotopic (exact) mass is 252 g/mol. The summed E-state index contributed by atoms with van der Waals surface area (Å²) in [6, 6.07) is 1.79. The Hall–Kier alpha value is -1.82. The minimum absolute atomic E-state index is 0.0372. The topological polar surface area (TPSA) is 80.5 Å². The van der Waals surface area contributed by atoms with Gasteiger partial charge in [0.25, 0.3) is 0 Å². The summed E-state index contributed by atoms with van der Waals surface area (Å²) in [6.07, 6.45) is 4.03. The van der Waals surface area contributed by atoms with Crippen LogP contribution in [-0.4, -0.2) is 44.7 Å². The van der Waals surface area contributed by atoms with Crippen molar-refractivity contribution < 1.29 is 9.53 Å². The maximum atomic E-state index is 11.7. The zero-order valence-corrected chi connectivity index (χ0v) is 10.8. The van der Waals surface area contributed by atoms with Gasteiger partial charge in [0.1, 0.15) is 0 Å². The highest BCUT2D eigenvalue weighted by Crippen LogP contribution is 2.19. The Morgan fingerprint density at radius 1 is 1.61 bits per heavy atom. The molecule has 0 aromatic carbocycles. The first-order valence-corrected chi connectivity index (χ1v) is 5.81. The number of rotatable bonds is 7. The van der Waals surface area contributed by atoms with Crippen LogP contribution < -0.4 is 16.0 Å². The molecule has 0 fully saturated rings. The van der Waals surface area contributed by atoms with Gasteiger partial charge in [0.15, 0.2) is 0 Å². The third-order valence-electron chi connectivity index (χ3n) is 2.47. The van der Waals surface area contributed by atoms with Crippen molar-refractivity contribution in [2.45, 2.75) is 6.42 Å². The minimum atomic E-state index is -0.0372. The van der Waals surface area contributed by atoms with Crippen molar-refractivity contribution in [1.82, 2.24) is 10.3 Å². The summed E-state index contributed by atoms with van der Waals surface area (Å²) < 4.78 is 4.90. The normalized spacial score (nSPS) is 10.1. The number of nitrogens with two attached hydrogens (primary N) is 1. The number of pyridine rings is 1. The van der Waals surface area contributed by atoms with Gasteiger partial charge < -0.3 is 20.7 Å². The number of nitrogens with one attached hydrogen (secondary N) is 1. The summed E-state index contributed by atoms with van der Waals surface area (Å²) >= 11 is 0. The number of amides is 1. The second-order valence-corrected chi connectivity index (χ2v) is 3.99. The highest BCUT2D eigenvalue weighted by Gasteiger charge is 2.09. The molecule has 18 heavy (non-hydrogen) atoms. The number of nitrogens with zero attached hydrogens (tertiary/aromatic N) is 2. The fraction of sp³-hybridized carbons (Fsp3) is 0.500. The van der Waals surface area contributed by atoms with Crippen molar-refractivity contribution in [2.75, 3.05) is 44.5 Å². The van der Waals surface area contributed by atoms with Crippen LogP contribution in [0, 0.1) is 0 Å². The Morgan fingerprint density at radius 2 is 2.39 bits per heavy atom. The Bertz CT molecular complexity index is 384. The molecule has 0 atom stereocenters. The third-order valence-corrected chi connectivity index (χ3v) is 2.47. The first kappa shape index (κ1) is 14.2. The van der Waals surface area contributed by atoms with E-state index in [1.54, 1.807) is 30.5 Å². The van der Waals surface area contributed by atoms with Crippen molar-refractivity contribution in [3.05, 3.63) is 18.5 Å². The van der Waals surface area contributed by atoms with Crippen LogP contribution in [0.25, 0.3) is 0 Å². The molecule has 1 heterocycles. The van der Waals surface area contributed by atoms with E-state index in [0.717, 1.165) is 12.1 Å². The zero-order chi connectivity index (χ0) is 13.4. The zero-order valence-electron chi connectivity index (χ0n) is 10.8. The fourth-order valence-corrected chi connectivity index (χ4v) is 1.55. The average molecular weight is 252 g/mol. The third kappa shape index (κ3) is 4.58. The second kappa shape index (κ2) is 7.50. The fourth-order valence-electron chi connectivity index (χ4n) is 1.55. The van der Waals surface area contributed by atoms with Gasteiger partial charge in [-0.05, 0) is 12.5 Å². The van der Waals surface area contributed by atoms with E-state index < -0.39 is 0 Å². The van der Waals surface area contributed by atoms with E-state index in [2.05, 4.69) is 10.3 Å². The van der Waals surface area contributed by atoms with Crippen LogP contribution >= 0.6 is 0 Å². The lowest BCUT2D eigenvalue weighted by molar-refractivity contribution is -0.119. The maximum absolute atomic E-state index is 11.7. The van der Waals surface area contributed by atoms with Gasteiger partial charge in [-0.15, -0.1) is 0 Å². The summed E-state index contributed by atoms with van der Waals surface area (Å²) in [6.45, 7) is 1.53. The van der Waals surface area contributed by atoms with E-state index >= 15 is 0 Å². The smallest absolute Gasteiger partial charge is 0.239 e. The van der Waals surface area contributed by atoms with Crippen molar-refractivity contribution in [1.29, 1.82) is 0 Å². The molecule has 1 amide bonds. The van der Waals surface area contributed by atoms with Gasteiger partial charge in [0, 0.05) is 33.5 Å². The maximum Gasteiger partial charge on any atom is 0.239 e. The van der Waals surface area contributed by atoms with Gasteiger partial charge in [-0.1, -0.05) is 0 Å². The molecular formula is C12H20N4O2. The van der Waals surface area contributed by atoms with E-state index in [1.165, 1.54) is 0 Å². The molecule has 0 aliphatic heterocycles. The second-order valence-electron chi connectivity index (χ2n) is 3.99. The highest BCUT2D eigenvalue weighted by molar-refractivity contribution is 5.82. The SMILES string of the molecule is COCCCNC(=O)CN(C)c1ccncc1N. The standard InChI is InChI=1S/C12H20N4O2/c1-16(11-4-6-14-8-10(11)13)9-12(17)15-5-3-7-18-2/h4,6,8H,3,5,7,9,13H2,1-2H3,(H,15,17). The lowest BCUT2D eigenvalue weighted by Crippen LogP contribution is -2.36. The predicted molar refractivity (Wildman–Crippen MR) is 71.4 cm³/mol. The minimum Gasteiger partial charge on any atom is -0.396 e. The van der Waals surface area contributed by atoms with Gasteiger partial charge in [-0.3, -0.25) is 9.78 Å². The Balaban J connectivity index is 2.38. The van der Waals surface area contributed by atoms with E-state index in [0.29, 0.717) is 18.8 Å². The summed E-state index contributed by atoms with van der Waals surface area (Å²) in [5, 5.41) is 2.82. The van der Waals surface area contributed by atoms with Crippen molar-refractivity contribution in [3.63, 3.8) is 0 Å². The van der Waals surface area contributed by atoms with Crippen LogP contribution in [0.4, 0.5) is 11.4 Å². The quantitative estimate of drug-likeness (QED) is 0.680. The largest absolute Gasteiger partial charge is 0.396 e. The summed E-state index contributed by atoms with van der Waals surface area (Å²) in [4.78, 5) is 17.4. The number of hydrogen-bond donors (Lipinski definition) is 2. The molecule has 0 aliphatic carbocycles. The lowest BCUT2D eigenvalue weighted by Gasteiger charge is -2.20. The molecule has 6 nitrogen and oxygen atoms in total. The van der Waals surface area contributed by atoms with Crippen LogP contribution in [0.1, 0.15) is 6.42 Å². The van der Waals surface area contributed by atoms with E-state index in [1.807, 2.05) is 7.05 Å². The van der Waals surface area contributed by atoms with Gasteiger partial charge in [-0.2, -0.15) is 0 Å². The molecule has 1 rings (SSSR count). The van der Waals surface area contributed by atoms with Crippen LogP contribution in [0.2, 0.25) is 0 Å². The first-order valence-electron chi connectivity index (χ1n) is 5.81. The van der Waals surface area contributed by atoms with Crippen molar-refractivity contribution in [2.24, 2.45) is 0 Å². The molecule has 0 bridgehead atoms. The van der Waals surface area contributed by atoms with E-state index in [4.69, 9.17) is 10.5 Å². The molecule has 0 unspecified atom stereocenters. The van der Waals surface area contributed by atoms with Gasteiger partial charge in [0.2, 0.25) is 5.91 Å². The highest BCUT2D eigenvalue weighted by atomic mass is 16.5. The Kier molecular flexibility index (Phi) is 5.93. The van der Waals surface area contributed by atoms with Crippen LogP contribution in [-0.2, 0) is 9.53 Å². The van der Waals surface area contributed by atoms with Gasteiger partial charge >= 0.3 is 0 Å². The van der Waals surface area contributed by atoms with Crippen LogP contribution in [0.5, 0.6) is 0 Å². The number of carbonyl (C=O) groups excluding carboxylic acids is 1. The molecule has 1 aromatic rings. The van der Waals surface area contributed by atoms with Crippen molar-refractivity contribution >= 4 is 17.3 Å². The molecule has 6 heteroatoms. The molecule has 0 saturated heterocycles. The van der Waals surface area contributed by atoms with Crippen LogP contribution in [0.15, 0.2) is 18.5 Å². The molecule has 1 aromatic heterocycles. The number of aromatic nitrogens is 1. The molecule has 0 radical (unpaired) electrons. The number of likely N-dealkylation sites (N-methyl/N-ethyl adjacent to an activating group) is 1. The molecular weight excluding hydrogens is 232 g/mol. The number of carbonyl (C=O) groups is 1. The lowest BCUT2D eigenvalue weighted by atomic mass is 10.3. The number of nitrogen functional groups attached to an aromatic ring is 1. The van der Waals surface area contributed by atoms with Crippen molar-refractivity contribution in [3.8, 4) is 0 Å². The summed E-state index contributed by atoms with van der Waals surface area (Å²) in [5.74, 6) is -0.0372. The Morgan fingerprint density at radius 3 is 3.06 bits per heavy atom. The summed E-state index contributed by atoms with van der Waals surface area (Å²) in [7, 11) is 3.46. The number of anilines is 2. The molecule has 100 valence electrons. The average Bonchev–Trinajstić information content (AvgIpc) is 2.35. The number of ether oxygens (including phenoxy) is 1. The molecule has 0 saturated carbocycles. The molecule has 3 N–H and O–H groups in total. The predicted octanol–water partition coefficient (Wildman–Crippen LogP) is 0.253. The Labute approximate surface area is 107 Å². The van der Waals surface area contributed by atoms with E-state index in [-0.39, 0.29) is 12.5 Å². The summed E-state index contributed by atoms with van der Waals surface area (Å²) in [5.41, 5.74) is 7.15. The van der Waals surface area contributed by atoms with Crippen LogP contribution in [0.3, 0.4) is 0 Å². The number of methoxy groups -OCH3 is 1.